The van der Waals surface area contributed by atoms with Crippen LogP contribution in [-0.4, -0.2) is 62.7 Å². The third kappa shape index (κ3) is 8.93. The summed E-state index contributed by atoms with van der Waals surface area (Å²) in [6.45, 7) is 7.61. The Labute approximate surface area is 178 Å². The van der Waals surface area contributed by atoms with Gasteiger partial charge in [0.2, 0.25) is 0 Å². The summed E-state index contributed by atoms with van der Waals surface area (Å²) in [5, 5.41) is 0. The van der Waals surface area contributed by atoms with Crippen LogP contribution in [0, 0.1) is 0 Å². The van der Waals surface area contributed by atoms with E-state index in [-0.39, 0.29) is 12.5 Å². The molecule has 2 rings (SSSR count). The van der Waals surface area contributed by atoms with E-state index >= 15 is 0 Å². The predicted molar refractivity (Wildman–Crippen MR) is 120 cm³/mol. The Hall–Kier alpha value is -1.30. The second-order valence-electron chi connectivity index (χ2n) is 8.24. The molecule has 5 heteroatoms. The van der Waals surface area contributed by atoms with Crippen molar-refractivity contribution in [3.05, 3.63) is 24.3 Å². The van der Waals surface area contributed by atoms with Crippen LogP contribution in [0.1, 0.15) is 65.2 Å². The maximum atomic E-state index is 6.24. The summed E-state index contributed by atoms with van der Waals surface area (Å²) in [4.78, 5) is 4.54. The van der Waals surface area contributed by atoms with E-state index in [0.717, 1.165) is 24.6 Å². The zero-order valence-corrected chi connectivity index (χ0v) is 19.1. The Kier molecular flexibility index (Phi) is 11.4. The van der Waals surface area contributed by atoms with E-state index in [9.17, 15) is 0 Å². The van der Waals surface area contributed by atoms with Gasteiger partial charge in [-0.3, -0.25) is 9.80 Å². The molecular weight excluding hydrogens is 364 g/mol. The summed E-state index contributed by atoms with van der Waals surface area (Å²) in [7, 11) is 4.26. The first kappa shape index (κ1) is 24.0. The van der Waals surface area contributed by atoms with Crippen LogP contribution in [0.25, 0.3) is 0 Å². The molecule has 2 unspecified atom stereocenters. The molecule has 1 heterocycles. The number of fused-ring (bicyclic) bond motifs is 2. The number of hydrogen-bond donors (Lipinski definition) is 0. The highest BCUT2D eigenvalue weighted by atomic mass is 16.6. The molecule has 0 aromatic heterocycles. The van der Waals surface area contributed by atoms with E-state index in [1.807, 2.05) is 24.3 Å². The molecule has 1 aliphatic rings. The largest absolute Gasteiger partial charge is 0.473 e. The highest BCUT2D eigenvalue weighted by Gasteiger charge is 2.23. The second kappa shape index (κ2) is 13.8. The van der Waals surface area contributed by atoms with Gasteiger partial charge in [0.25, 0.3) is 0 Å². The zero-order chi connectivity index (χ0) is 20.9. The average Bonchev–Trinajstić information content (AvgIpc) is 2.72. The van der Waals surface area contributed by atoms with E-state index in [4.69, 9.17) is 14.2 Å². The molecule has 0 spiro atoms. The van der Waals surface area contributed by atoms with E-state index in [1.165, 1.54) is 51.4 Å². The summed E-state index contributed by atoms with van der Waals surface area (Å²) >= 11 is 0. The van der Waals surface area contributed by atoms with Gasteiger partial charge in [-0.1, -0.05) is 58.4 Å². The van der Waals surface area contributed by atoms with Gasteiger partial charge in [0.15, 0.2) is 12.5 Å². The minimum absolute atomic E-state index is 0.0829. The molecule has 29 heavy (non-hydrogen) atoms. The first-order chi connectivity index (χ1) is 14.1. The third-order valence-corrected chi connectivity index (χ3v) is 5.58. The van der Waals surface area contributed by atoms with E-state index in [0.29, 0.717) is 13.2 Å². The molecule has 0 saturated carbocycles. The normalized spacial score (nSPS) is 19.8. The topological polar surface area (TPSA) is 34.2 Å². The molecule has 1 aliphatic heterocycles. The molecular formula is C24H42N2O3. The lowest BCUT2D eigenvalue weighted by molar-refractivity contribution is -0.0791. The number of unbranched alkanes of at least 4 members (excludes halogenated alkanes) is 6. The fourth-order valence-corrected chi connectivity index (χ4v) is 3.57. The molecule has 0 aliphatic carbocycles. The van der Waals surface area contributed by atoms with Crippen LogP contribution in [0.3, 0.4) is 0 Å². The minimum atomic E-state index is -0.0829. The fraction of sp³-hybridized carbons (Fsp3) is 0.750. The zero-order valence-electron chi connectivity index (χ0n) is 19.1. The van der Waals surface area contributed by atoms with Crippen molar-refractivity contribution >= 4 is 0 Å². The smallest absolute Gasteiger partial charge is 0.175 e. The molecule has 0 fully saturated rings. The molecule has 0 N–H and O–H groups in total. The number of benzene rings is 1. The number of hydrogen-bond acceptors (Lipinski definition) is 5. The lowest BCUT2D eigenvalue weighted by Gasteiger charge is -2.33. The molecule has 2 atom stereocenters. The van der Waals surface area contributed by atoms with Gasteiger partial charge in [-0.25, -0.2) is 0 Å². The Morgan fingerprint density at radius 2 is 1.24 bits per heavy atom. The van der Waals surface area contributed by atoms with Crippen molar-refractivity contribution in [2.24, 2.45) is 0 Å². The van der Waals surface area contributed by atoms with Crippen molar-refractivity contribution < 1.29 is 14.2 Å². The first-order valence-corrected chi connectivity index (χ1v) is 11.6. The van der Waals surface area contributed by atoms with Crippen LogP contribution in [-0.2, 0) is 4.74 Å². The molecule has 0 amide bonds. The molecule has 0 saturated heterocycles. The highest BCUT2D eigenvalue weighted by Crippen LogP contribution is 2.24. The number of rotatable bonds is 12. The summed E-state index contributed by atoms with van der Waals surface area (Å²) < 4.78 is 18.6. The van der Waals surface area contributed by atoms with Gasteiger partial charge < -0.3 is 14.2 Å². The molecule has 0 radical (unpaired) electrons. The average molecular weight is 407 g/mol. The van der Waals surface area contributed by atoms with Gasteiger partial charge >= 0.3 is 0 Å². The molecule has 1 aromatic rings. The lowest BCUT2D eigenvalue weighted by atomic mass is 10.2. The van der Waals surface area contributed by atoms with Crippen molar-refractivity contribution in [2.45, 2.75) is 77.7 Å². The van der Waals surface area contributed by atoms with Gasteiger partial charge in [-0.15, -0.1) is 0 Å². The van der Waals surface area contributed by atoms with Crippen molar-refractivity contribution in [1.82, 2.24) is 9.80 Å². The molecule has 166 valence electrons. The minimum Gasteiger partial charge on any atom is -0.473 e. The van der Waals surface area contributed by atoms with E-state index in [1.54, 1.807) is 0 Å². The van der Waals surface area contributed by atoms with E-state index < -0.39 is 0 Å². The Bertz CT molecular complexity index is 511. The van der Waals surface area contributed by atoms with Crippen LogP contribution in [0.4, 0.5) is 0 Å². The van der Waals surface area contributed by atoms with Gasteiger partial charge in [0.05, 0.1) is 13.2 Å². The Morgan fingerprint density at radius 1 is 0.759 bits per heavy atom. The van der Waals surface area contributed by atoms with Gasteiger partial charge in [0, 0.05) is 19.2 Å². The Balaban J connectivity index is 1.97. The number of likely N-dealkylation sites (N-methyl/N-ethyl adjacent to an activating group) is 2. The summed E-state index contributed by atoms with van der Waals surface area (Å²) in [5.41, 5.74) is 0. The number of ether oxygens (including phenoxy) is 3. The van der Waals surface area contributed by atoms with Crippen LogP contribution in [0.5, 0.6) is 11.5 Å². The summed E-state index contributed by atoms with van der Waals surface area (Å²) in [6.07, 6.45) is 9.85. The predicted octanol–water partition coefficient (Wildman–Crippen LogP) is 5.15. The summed E-state index contributed by atoms with van der Waals surface area (Å²) in [6, 6.07) is 8.00. The quantitative estimate of drug-likeness (QED) is 0.448. The monoisotopic (exact) mass is 406 g/mol. The molecule has 5 nitrogen and oxygen atoms in total. The SMILES string of the molecule is CCCCCCN(C)C1COCC(N(C)CCCCCC)Oc2cccc(c2)O1. The standard InChI is InChI=1S/C24H42N2O3/c1-5-7-9-11-16-25(3)23-19-27-20-24(26(4)17-12-10-8-6-2)29-22-15-13-14-21(18-22)28-23/h13-15,18,23-24H,5-12,16-17,19-20H2,1-4H3. The van der Waals surface area contributed by atoms with E-state index in [2.05, 4.69) is 37.7 Å². The fourth-order valence-electron chi connectivity index (χ4n) is 3.57. The van der Waals surface area contributed by atoms with Crippen LogP contribution >= 0.6 is 0 Å². The third-order valence-electron chi connectivity index (χ3n) is 5.58. The van der Waals surface area contributed by atoms with Gasteiger partial charge in [-0.2, -0.15) is 0 Å². The Morgan fingerprint density at radius 3 is 1.69 bits per heavy atom. The maximum Gasteiger partial charge on any atom is 0.175 e. The maximum absolute atomic E-state index is 6.24. The van der Waals surface area contributed by atoms with Crippen molar-refractivity contribution in [2.75, 3.05) is 40.4 Å². The van der Waals surface area contributed by atoms with Crippen molar-refractivity contribution in [1.29, 1.82) is 0 Å². The lowest BCUT2D eigenvalue weighted by Crippen LogP contribution is -2.45. The highest BCUT2D eigenvalue weighted by molar-refractivity contribution is 5.33. The summed E-state index contributed by atoms with van der Waals surface area (Å²) in [5.74, 6) is 1.67. The molecule has 2 bridgehead atoms. The number of nitrogens with zero attached hydrogens (tertiary/aromatic N) is 2. The second-order valence-corrected chi connectivity index (χ2v) is 8.24. The van der Waals surface area contributed by atoms with Crippen LogP contribution in [0.15, 0.2) is 24.3 Å². The van der Waals surface area contributed by atoms with Crippen LogP contribution < -0.4 is 9.47 Å². The van der Waals surface area contributed by atoms with Crippen molar-refractivity contribution in [3.63, 3.8) is 0 Å². The first-order valence-electron chi connectivity index (χ1n) is 11.6. The molecule has 1 aromatic carbocycles. The van der Waals surface area contributed by atoms with Gasteiger partial charge in [-0.05, 0) is 39.1 Å². The van der Waals surface area contributed by atoms with Crippen molar-refractivity contribution in [3.8, 4) is 11.5 Å². The van der Waals surface area contributed by atoms with Gasteiger partial charge in [0.1, 0.15) is 11.5 Å². The van der Waals surface area contributed by atoms with Crippen LogP contribution in [0.2, 0.25) is 0 Å².